The molecule has 1 aromatic heterocycles. The lowest BCUT2D eigenvalue weighted by Crippen LogP contribution is -2.27. The summed E-state index contributed by atoms with van der Waals surface area (Å²) in [5.41, 5.74) is -1.37. The first kappa shape index (κ1) is 18.4. The molecule has 2 aromatic rings. The van der Waals surface area contributed by atoms with Crippen LogP contribution in [0.1, 0.15) is 18.4 Å². The lowest BCUT2D eigenvalue weighted by molar-refractivity contribution is -0.137. The van der Waals surface area contributed by atoms with Crippen LogP contribution in [0.15, 0.2) is 23.1 Å². The Bertz CT molecular complexity index is 854. The SMILES string of the molecule is O=c1c(Cl)c(N2CCCC2)cnn1-c1c(Cl)cc(C(F)(F)F)cc1Cl. The van der Waals surface area contributed by atoms with Crippen molar-refractivity contribution in [2.45, 2.75) is 19.0 Å². The summed E-state index contributed by atoms with van der Waals surface area (Å²) >= 11 is 18.0. The van der Waals surface area contributed by atoms with Crippen LogP contribution < -0.4 is 10.5 Å². The van der Waals surface area contributed by atoms with Crippen molar-refractivity contribution in [3.05, 3.63) is 49.3 Å². The molecular weight excluding hydrogens is 402 g/mol. The molecule has 2 heterocycles. The van der Waals surface area contributed by atoms with E-state index in [0.717, 1.165) is 30.6 Å². The van der Waals surface area contributed by atoms with Gasteiger partial charge in [-0.1, -0.05) is 34.8 Å². The zero-order valence-electron chi connectivity index (χ0n) is 12.6. The minimum absolute atomic E-state index is 0.0797. The molecule has 10 heteroatoms. The van der Waals surface area contributed by atoms with E-state index in [4.69, 9.17) is 34.8 Å². The highest BCUT2D eigenvalue weighted by Crippen LogP contribution is 2.37. The van der Waals surface area contributed by atoms with Gasteiger partial charge in [0.2, 0.25) is 0 Å². The summed E-state index contributed by atoms with van der Waals surface area (Å²) in [4.78, 5) is 14.5. The molecule has 134 valence electrons. The smallest absolute Gasteiger partial charge is 0.369 e. The number of hydrogen-bond acceptors (Lipinski definition) is 3. The summed E-state index contributed by atoms with van der Waals surface area (Å²) in [6, 6.07) is 1.39. The molecular formula is C15H11Cl3F3N3O. The van der Waals surface area contributed by atoms with Crippen LogP contribution in [0.25, 0.3) is 5.69 Å². The van der Waals surface area contributed by atoms with Gasteiger partial charge < -0.3 is 4.90 Å². The van der Waals surface area contributed by atoms with E-state index in [2.05, 4.69) is 5.10 Å². The fraction of sp³-hybridized carbons (Fsp3) is 0.333. The Kier molecular flexibility index (Phi) is 4.92. The molecule has 1 fully saturated rings. The van der Waals surface area contributed by atoms with Gasteiger partial charge in [-0.2, -0.15) is 23.0 Å². The van der Waals surface area contributed by atoms with E-state index in [-0.39, 0.29) is 20.8 Å². The van der Waals surface area contributed by atoms with Gasteiger partial charge in [0.15, 0.2) is 0 Å². The topological polar surface area (TPSA) is 38.1 Å². The molecule has 0 aliphatic carbocycles. The minimum atomic E-state index is -4.61. The third-order valence-corrected chi connectivity index (χ3v) is 4.83. The molecule has 3 rings (SSSR count). The molecule has 1 aliphatic heterocycles. The fourth-order valence-electron chi connectivity index (χ4n) is 2.69. The van der Waals surface area contributed by atoms with Gasteiger partial charge in [0.05, 0.1) is 27.5 Å². The molecule has 0 amide bonds. The van der Waals surface area contributed by atoms with Crippen molar-refractivity contribution in [1.29, 1.82) is 0 Å². The Balaban J connectivity index is 2.11. The van der Waals surface area contributed by atoms with Gasteiger partial charge in [-0.15, -0.1) is 0 Å². The highest BCUT2D eigenvalue weighted by Gasteiger charge is 2.32. The normalized spacial score (nSPS) is 15.0. The van der Waals surface area contributed by atoms with Gasteiger partial charge >= 0.3 is 6.18 Å². The Morgan fingerprint density at radius 3 is 2.12 bits per heavy atom. The molecule has 0 atom stereocenters. The van der Waals surface area contributed by atoms with Gasteiger partial charge in [0.1, 0.15) is 10.7 Å². The average molecular weight is 413 g/mol. The maximum atomic E-state index is 12.8. The number of anilines is 1. The summed E-state index contributed by atoms with van der Waals surface area (Å²) < 4.78 is 39.3. The quantitative estimate of drug-likeness (QED) is 0.710. The predicted molar refractivity (Wildman–Crippen MR) is 91.3 cm³/mol. The monoisotopic (exact) mass is 411 g/mol. The minimum Gasteiger partial charge on any atom is -0.369 e. The summed E-state index contributed by atoms with van der Waals surface area (Å²) in [5.74, 6) is 0. The van der Waals surface area contributed by atoms with E-state index >= 15 is 0 Å². The Labute approximate surface area is 155 Å². The third-order valence-electron chi connectivity index (χ3n) is 3.90. The molecule has 0 bridgehead atoms. The predicted octanol–water partition coefficient (Wildman–Crippen LogP) is 4.81. The Morgan fingerprint density at radius 1 is 1.04 bits per heavy atom. The number of aromatic nitrogens is 2. The van der Waals surface area contributed by atoms with Crippen LogP contribution in [-0.2, 0) is 6.18 Å². The summed E-state index contributed by atoms with van der Waals surface area (Å²) in [6.07, 6.45) is -1.26. The Morgan fingerprint density at radius 2 is 1.60 bits per heavy atom. The first-order valence-corrected chi connectivity index (χ1v) is 8.43. The maximum absolute atomic E-state index is 12.8. The van der Waals surface area contributed by atoms with Gasteiger partial charge in [-0.25, -0.2) is 0 Å². The highest BCUT2D eigenvalue weighted by molar-refractivity contribution is 6.38. The molecule has 0 saturated carbocycles. The van der Waals surface area contributed by atoms with E-state index in [1.165, 1.54) is 6.20 Å². The number of rotatable bonds is 2. The van der Waals surface area contributed by atoms with Crippen molar-refractivity contribution in [2.75, 3.05) is 18.0 Å². The van der Waals surface area contributed by atoms with E-state index in [1.807, 2.05) is 4.90 Å². The molecule has 4 nitrogen and oxygen atoms in total. The first-order chi connectivity index (χ1) is 11.7. The first-order valence-electron chi connectivity index (χ1n) is 7.29. The van der Waals surface area contributed by atoms with E-state index in [9.17, 15) is 18.0 Å². The van der Waals surface area contributed by atoms with Crippen LogP contribution in [0.2, 0.25) is 15.1 Å². The molecule has 1 saturated heterocycles. The zero-order chi connectivity index (χ0) is 18.4. The summed E-state index contributed by atoms with van der Waals surface area (Å²) in [5, 5.41) is 3.22. The molecule has 1 aromatic carbocycles. The van der Waals surface area contributed by atoms with Crippen molar-refractivity contribution in [2.24, 2.45) is 0 Å². The van der Waals surface area contributed by atoms with Crippen molar-refractivity contribution in [3.8, 4) is 5.69 Å². The van der Waals surface area contributed by atoms with Crippen LogP contribution in [0, 0.1) is 0 Å². The van der Waals surface area contributed by atoms with Crippen molar-refractivity contribution >= 4 is 40.5 Å². The fourth-order valence-corrected chi connectivity index (χ4v) is 3.59. The molecule has 1 aliphatic rings. The Hall–Kier alpha value is -1.44. The maximum Gasteiger partial charge on any atom is 0.416 e. The molecule has 25 heavy (non-hydrogen) atoms. The zero-order valence-corrected chi connectivity index (χ0v) is 14.8. The lowest BCUT2D eigenvalue weighted by atomic mass is 10.2. The highest BCUT2D eigenvalue weighted by atomic mass is 35.5. The van der Waals surface area contributed by atoms with Crippen LogP contribution in [-0.4, -0.2) is 22.9 Å². The second-order valence-corrected chi connectivity index (χ2v) is 6.73. The van der Waals surface area contributed by atoms with Gasteiger partial charge in [-0.05, 0) is 25.0 Å². The van der Waals surface area contributed by atoms with Crippen LogP contribution in [0.5, 0.6) is 0 Å². The lowest BCUT2D eigenvalue weighted by Gasteiger charge is -2.19. The molecule has 0 unspecified atom stereocenters. The summed E-state index contributed by atoms with van der Waals surface area (Å²) in [7, 11) is 0. The van der Waals surface area contributed by atoms with E-state index < -0.39 is 17.3 Å². The van der Waals surface area contributed by atoms with E-state index in [1.54, 1.807) is 0 Å². The van der Waals surface area contributed by atoms with Crippen LogP contribution in [0.4, 0.5) is 18.9 Å². The van der Waals surface area contributed by atoms with E-state index in [0.29, 0.717) is 17.8 Å². The number of halogens is 6. The average Bonchev–Trinajstić information content (AvgIpc) is 3.04. The van der Waals surface area contributed by atoms with Gasteiger partial charge in [-0.3, -0.25) is 4.79 Å². The third kappa shape index (κ3) is 3.45. The number of nitrogens with zero attached hydrogens (tertiary/aromatic N) is 3. The largest absolute Gasteiger partial charge is 0.416 e. The second-order valence-electron chi connectivity index (χ2n) is 5.54. The second kappa shape index (κ2) is 6.70. The number of hydrogen-bond donors (Lipinski definition) is 0. The summed E-state index contributed by atoms with van der Waals surface area (Å²) in [6.45, 7) is 1.51. The number of alkyl halides is 3. The van der Waals surface area contributed by atoms with Crippen molar-refractivity contribution in [3.63, 3.8) is 0 Å². The van der Waals surface area contributed by atoms with Crippen LogP contribution in [0.3, 0.4) is 0 Å². The molecule has 0 spiro atoms. The molecule has 0 radical (unpaired) electrons. The number of benzene rings is 1. The molecule has 0 N–H and O–H groups in total. The van der Waals surface area contributed by atoms with Gasteiger partial charge in [0.25, 0.3) is 5.56 Å². The van der Waals surface area contributed by atoms with Crippen molar-refractivity contribution < 1.29 is 13.2 Å². The van der Waals surface area contributed by atoms with Gasteiger partial charge in [0, 0.05) is 13.1 Å². The van der Waals surface area contributed by atoms with Crippen molar-refractivity contribution in [1.82, 2.24) is 9.78 Å². The standard InChI is InChI=1S/C15H11Cl3F3N3O/c16-9-5-8(15(19,20)21)6-10(17)13(9)24-14(25)12(18)11(7-22-24)23-3-1-2-4-23/h5-7H,1-4H2. The van der Waals surface area contributed by atoms with Crippen LogP contribution >= 0.6 is 34.8 Å².